The number of carbonyl (C=O) groups is 1. The highest BCUT2D eigenvalue weighted by atomic mass is 127. The van der Waals surface area contributed by atoms with Crippen LogP contribution in [-0.2, 0) is 0 Å². The van der Waals surface area contributed by atoms with Crippen LogP contribution in [0.2, 0.25) is 0 Å². The number of aromatic nitrogens is 1. The molecule has 0 radical (unpaired) electrons. The fourth-order valence-electron chi connectivity index (χ4n) is 1.51. The highest BCUT2D eigenvalue weighted by Crippen LogP contribution is 2.24. The Balaban J connectivity index is 2.26. The molecule has 4 nitrogen and oxygen atoms in total. The molecule has 0 aliphatic carbocycles. The van der Waals surface area contributed by atoms with Crippen molar-refractivity contribution in [3.05, 3.63) is 43.6 Å². The molecule has 0 fully saturated rings. The number of aryl methyl sites for hydroxylation is 2. The van der Waals surface area contributed by atoms with Crippen molar-refractivity contribution >= 4 is 50.1 Å². The van der Waals surface area contributed by atoms with Crippen molar-refractivity contribution in [1.82, 2.24) is 4.98 Å². The van der Waals surface area contributed by atoms with Gasteiger partial charge in [-0.2, -0.15) is 0 Å². The minimum atomic E-state index is -0.288. The van der Waals surface area contributed by atoms with E-state index in [-0.39, 0.29) is 11.7 Å². The topological polar surface area (TPSA) is 55.1 Å². The maximum atomic E-state index is 12.0. The van der Waals surface area contributed by atoms with Gasteiger partial charge >= 0.3 is 0 Å². The van der Waals surface area contributed by atoms with Gasteiger partial charge in [-0.25, -0.2) is 4.98 Å². The van der Waals surface area contributed by atoms with E-state index in [1.807, 2.05) is 18.2 Å². The lowest BCUT2D eigenvalue weighted by molar-refractivity contribution is 0.0994. The molecule has 18 heavy (non-hydrogen) atoms. The Bertz CT molecular complexity index is 610. The third-order valence-corrected chi connectivity index (χ3v) is 3.72. The minimum absolute atomic E-state index is 0.253. The van der Waals surface area contributed by atoms with Gasteiger partial charge in [-0.05, 0) is 47.7 Å². The largest absolute Gasteiger partial charge is 0.436 e. The van der Waals surface area contributed by atoms with Gasteiger partial charge in [-0.15, -0.1) is 0 Å². The summed E-state index contributed by atoms with van der Waals surface area (Å²) in [5, 5.41) is 2.81. The van der Waals surface area contributed by atoms with Gasteiger partial charge in [-0.1, -0.05) is 15.9 Å². The molecule has 0 saturated carbocycles. The van der Waals surface area contributed by atoms with Gasteiger partial charge < -0.3 is 9.73 Å². The standard InChI is InChI=1S/C12H10BrIN2O2/c1-6-11(18-7(2)15-6)12(17)16-10-5-8(13)3-4-9(10)14/h3-5H,1-2H3,(H,16,17). The summed E-state index contributed by atoms with van der Waals surface area (Å²) in [5.74, 6) is 0.453. The average Bonchev–Trinajstić information content (AvgIpc) is 2.63. The lowest BCUT2D eigenvalue weighted by atomic mass is 10.3. The smallest absolute Gasteiger partial charge is 0.293 e. The summed E-state index contributed by atoms with van der Waals surface area (Å²) in [6.45, 7) is 3.46. The van der Waals surface area contributed by atoms with Crippen LogP contribution in [0.25, 0.3) is 0 Å². The van der Waals surface area contributed by atoms with E-state index in [1.165, 1.54) is 0 Å². The fourth-order valence-corrected chi connectivity index (χ4v) is 2.35. The average molecular weight is 421 g/mol. The van der Waals surface area contributed by atoms with E-state index in [1.54, 1.807) is 13.8 Å². The molecule has 1 aromatic heterocycles. The molecule has 0 spiro atoms. The van der Waals surface area contributed by atoms with Crippen molar-refractivity contribution in [3.8, 4) is 0 Å². The monoisotopic (exact) mass is 420 g/mol. The van der Waals surface area contributed by atoms with Crippen molar-refractivity contribution in [1.29, 1.82) is 0 Å². The molecule has 0 unspecified atom stereocenters. The number of anilines is 1. The molecular formula is C12H10BrIN2O2. The Kier molecular flexibility index (Phi) is 4.06. The summed E-state index contributed by atoms with van der Waals surface area (Å²) in [6.07, 6.45) is 0. The van der Waals surface area contributed by atoms with Gasteiger partial charge in [-0.3, -0.25) is 4.79 Å². The van der Waals surface area contributed by atoms with Crippen LogP contribution in [0.5, 0.6) is 0 Å². The molecule has 0 aliphatic rings. The van der Waals surface area contributed by atoms with Gasteiger partial charge in [0.2, 0.25) is 5.76 Å². The third kappa shape index (κ3) is 2.92. The quantitative estimate of drug-likeness (QED) is 0.749. The van der Waals surface area contributed by atoms with Crippen molar-refractivity contribution in [2.24, 2.45) is 0 Å². The SMILES string of the molecule is Cc1nc(C)c(C(=O)Nc2cc(Br)ccc2I)o1. The molecule has 0 aliphatic heterocycles. The molecule has 2 rings (SSSR count). The van der Waals surface area contributed by atoms with Crippen LogP contribution in [0.3, 0.4) is 0 Å². The first kappa shape index (κ1) is 13.5. The van der Waals surface area contributed by atoms with Gasteiger partial charge in [0, 0.05) is 15.0 Å². The summed E-state index contributed by atoms with van der Waals surface area (Å²) in [7, 11) is 0. The molecule has 1 amide bonds. The predicted octanol–water partition coefficient (Wildman–Crippen LogP) is 3.91. The first-order chi connectivity index (χ1) is 8.47. The summed E-state index contributed by atoms with van der Waals surface area (Å²) in [4.78, 5) is 16.1. The van der Waals surface area contributed by atoms with Gasteiger partial charge in [0.15, 0.2) is 5.89 Å². The van der Waals surface area contributed by atoms with E-state index < -0.39 is 0 Å². The van der Waals surface area contributed by atoms with Crippen LogP contribution in [-0.4, -0.2) is 10.9 Å². The maximum absolute atomic E-state index is 12.0. The highest BCUT2D eigenvalue weighted by molar-refractivity contribution is 14.1. The van der Waals surface area contributed by atoms with E-state index in [4.69, 9.17) is 4.42 Å². The normalized spacial score (nSPS) is 10.4. The number of carbonyl (C=O) groups excluding carboxylic acids is 1. The molecule has 0 saturated heterocycles. The van der Waals surface area contributed by atoms with E-state index >= 15 is 0 Å². The minimum Gasteiger partial charge on any atom is -0.436 e. The number of benzene rings is 1. The number of amides is 1. The number of hydrogen-bond donors (Lipinski definition) is 1. The van der Waals surface area contributed by atoms with Crippen LogP contribution in [0, 0.1) is 17.4 Å². The molecular weight excluding hydrogens is 411 g/mol. The van der Waals surface area contributed by atoms with E-state index in [9.17, 15) is 4.79 Å². The maximum Gasteiger partial charge on any atom is 0.293 e. The molecule has 0 atom stereocenters. The zero-order valence-electron chi connectivity index (χ0n) is 9.75. The van der Waals surface area contributed by atoms with Gasteiger partial charge in [0.25, 0.3) is 5.91 Å². The first-order valence-electron chi connectivity index (χ1n) is 5.18. The summed E-state index contributed by atoms with van der Waals surface area (Å²) in [5.41, 5.74) is 1.33. The van der Waals surface area contributed by atoms with Crippen LogP contribution >= 0.6 is 38.5 Å². The predicted molar refractivity (Wildman–Crippen MR) is 80.8 cm³/mol. The second-order valence-electron chi connectivity index (χ2n) is 3.73. The third-order valence-electron chi connectivity index (χ3n) is 2.29. The second kappa shape index (κ2) is 5.40. The second-order valence-corrected chi connectivity index (χ2v) is 5.80. The number of rotatable bonds is 2. The van der Waals surface area contributed by atoms with Gasteiger partial charge in [0.05, 0.1) is 11.4 Å². The summed E-state index contributed by atoms with van der Waals surface area (Å²) < 4.78 is 7.14. The van der Waals surface area contributed by atoms with E-state index in [0.717, 1.165) is 13.7 Å². The van der Waals surface area contributed by atoms with Crippen LogP contribution in [0.15, 0.2) is 27.1 Å². The number of nitrogens with zero attached hydrogens (tertiary/aromatic N) is 1. The lowest BCUT2D eigenvalue weighted by Crippen LogP contribution is -2.13. The number of hydrogen-bond acceptors (Lipinski definition) is 3. The number of oxazole rings is 1. The van der Waals surface area contributed by atoms with Crippen molar-refractivity contribution in [2.45, 2.75) is 13.8 Å². The molecule has 2 aromatic rings. The lowest BCUT2D eigenvalue weighted by Gasteiger charge is -2.06. The Hall–Kier alpha value is -0.890. The Labute approximate surface area is 126 Å². The van der Waals surface area contributed by atoms with Crippen molar-refractivity contribution in [2.75, 3.05) is 5.32 Å². The molecule has 1 N–H and O–H groups in total. The first-order valence-corrected chi connectivity index (χ1v) is 7.05. The van der Waals surface area contributed by atoms with Crippen LogP contribution in [0.1, 0.15) is 22.1 Å². The number of halogens is 2. The van der Waals surface area contributed by atoms with Gasteiger partial charge in [0.1, 0.15) is 0 Å². The van der Waals surface area contributed by atoms with Crippen LogP contribution in [0.4, 0.5) is 5.69 Å². The Morgan fingerprint density at radius 2 is 2.17 bits per heavy atom. The fraction of sp³-hybridized carbons (Fsp3) is 0.167. The van der Waals surface area contributed by atoms with E-state index in [2.05, 4.69) is 48.8 Å². The van der Waals surface area contributed by atoms with E-state index in [0.29, 0.717) is 11.6 Å². The zero-order chi connectivity index (χ0) is 13.3. The molecule has 1 aromatic carbocycles. The molecule has 94 valence electrons. The number of nitrogens with one attached hydrogen (secondary N) is 1. The molecule has 0 bridgehead atoms. The van der Waals surface area contributed by atoms with Crippen molar-refractivity contribution < 1.29 is 9.21 Å². The molecule has 1 heterocycles. The van der Waals surface area contributed by atoms with Crippen LogP contribution < -0.4 is 5.32 Å². The summed E-state index contributed by atoms with van der Waals surface area (Å²) >= 11 is 5.53. The zero-order valence-corrected chi connectivity index (χ0v) is 13.5. The highest BCUT2D eigenvalue weighted by Gasteiger charge is 2.16. The Morgan fingerprint density at radius 3 is 2.78 bits per heavy atom. The molecule has 6 heteroatoms. The van der Waals surface area contributed by atoms with Crippen molar-refractivity contribution in [3.63, 3.8) is 0 Å². The Morgan fingerprint density at radius 1 is 1.44 bits per heavy atom. The summed E-state index contributed by atoms with van der Waals surface area (Å²) in [6, 6.07) is 5.68.